The minimum Gasteiger partial charge on any atom is -0.455 e. The van der Waals surface area contributed by atoms with Crippen LogP contribution in [0.3, 0.4) is 0 Å². The fourth-order valence-electron chi connectivity index (χ4n) is 7.23. The van der Waals surface area contributed by atoms with Gasteiger partial charge in [-0.15, -0.1) is 0 Å². The van der Waals surface area contributed by atoms with Crippen LogP contribution in [0.2, 0.25) is 0 Å². The molecule has 0 bridgehead atoms. The average molecular weight is 691 g/mol. The monoisotopic (exact) mass is 690 g/mol. The summed E-state index contributed by atoms with van der Waals surface area (Å²) >= 11 is 1.61. The van der Waals surface area contributed by atoms with Gasteiger partial charge in [-0.25, -0.2) is 9.97 Å². The fourth-order valence-corrected chi connectivity index (χ4v) is 8.14. The lowest BCUT2D eigenvalue weighted by molar-refractivity contribution is 0.411. The van der Waals surface area contributed by atoms with Crippen molar-refractivity contribution in [3.8, 4) is 11.3 Å². The van der Waals surface area contributed by atoms with Crippen molar-refractivity contribution in [2.24, 2.45) is 5.41 Å². The van der Waals surface area contributed by atoms with Crippen LogP contribution in [0, 0.1) is 12.3 Å². The highest BCUT2D eigenvalue weighted by molar-refractivity contribution is 7.99. The van der Waals surface area contributed by atoms with E-state index >= 15 is 0 Å². The molecule has 4 aromatic carbocycles. The summed E-state index contributed by atoms with van der Waals surface area (Å²) in [5.41, 5.74) is 11.1. The third-order valence-electron chi connectivity index (χ3n) is 9.83. The van der Waals surface area contributed by atoms with E-state index in [2.05, 4.69) is 154 Å². The molecule has 0 aliphatic heterocycles. The Morgan fingerprint density at radius 1 is 0.608 bits per heavy atom. The van der Waals surface area contributed by atoms with Crippen LogP contribution in [0.5, 0.6) is 0 Å². The summed E-state index contributed by atoms with van der Waals surface area (Å²) < 4.78 is 13.7. The van der Waals surface area contributed by atoms with Gasteiger partial charge in [0.15, 0.2) is 5.58 Å². The Labute approximate surface area is 304 Å². The van der Waals surface area contributed by atoms with Crippen LogP contribution in [0.25, 0.3) is 66.0 Å². The van der Waals surface area contributed by atoms with Crippen molar-refractivity contribution < 1.29 is 8.83 Å². The third kappa shape index (κ3) is 6.20. The number of hydrogen-bond acceptors (Lipinski definition) is 5. The second-order valence-electron chi connectivity index (χ2n) is 17.5. The number of furan rings is 1. The van der Waals surface area contributed by atoms with Crippen molar-refractivity contribution in [2.75, 3.05) is 0 Å². The van der Waals surface area contributed by atoms with Crippen molar-refractivity contribution in [3.05, 3.63) is 107 Å². The molecule has 4 aromatic heterocycles. The first kappa shape index (κ1) is 33.5. The van der Waals surface area contributed by atoms with Gasteiger partial charge in [0.05, 0.1) is 11.1 Å². The number of benzene rings is 4. The van der Waals surface area contributed by atoms with Crippen LogP contribution >= 0.6 is 11.8 Å². The summed E-state index contributed by atoms with van der Waals surface area (Å²) in [5.74, 6) is 0. The summed E-state index contributed by atoms with van der Waals surface area (Å²) in [5, 5.41) is 7.10. The minimum atomic E-state index is -0.0550. The van der Waals surface area contributed by atoms with E-state index < -0.39 is 0 Å². The largest absolute Gasteiger partial charge is 0.455 e. The summed E-state index contributed by atoms with van der Waals surface area (Å²) in [6, 6.07) is 30.5. The fraction of sp³-hybridized carbons (Fsp3) is 0.304. The number of pyridine rings is 2. The molecule has 0 spiro atoms. The molecule has 0 N–H and O–H groups in total. The van der Waals surface area contributed by atoms with Crippen LogP contribution in [0.4, 0.5) is 0 Å². The molecule has 8 rings (SSSR count). The number of rotatable bonds is 4. The zero-order valence-corrected chi connectivity index (χ0v) is 32.2. The van der Waals surface area contributed by atoms with Gasteiger partial charge in [0.2, 0.25) is 0 Å². The highest BCUT2D eigenvalue weighted by atomic mass is 32.2. The molecule has 0 aliphatic carbocycles. The van der Waals surface area contributed by atoms with Crippen molar-refractivity contribution >= 4 is 66.5 Å². The second-order valence-corrected chi connectivity index (χ2v) is 18.5. The van der Waals surface area contributed by atoms with Gasteiger partial charge < -0.3 is 8.83 Å². The topological polar surface area (TPSA) is 52.1 Å². The van der Waals surface area contributed by atoms with E-state index in [9.17, 15) is 0 Å². The van der Waals surface area contributed by atoms with Gasteiger partial charge in [0, 0.05) is 21.7 Å². The first-order valence-electron chi connectivity index (χ1n) is 17.9. The van der Waals surface area contributed by atoms with E-state index in [4.69, 9.17) is 18.8 Å². The Morgan fingerprint density at radius 3 is 2.00 bits per heavy atom. The van der Waals surface area contributed by atoms with Crippen LogP contribution < -0.4 is 0 Å². The van der Waals surface area contributed by atoms with Crippen molar-refractivity contribution in [1.82, 2.24) is 9.97 Å². The van der Waals surface area contributed by atoms with Gasteiger partial charge >= 0.3 is 0 Å². The van der Waals surface area contributed by atoms with Crippen LogP contribution in [0.15, 0.2) is 104 Å². The Hall–Kier alpha value is -4.61. The van der Waals surface area contributed by atoms with Gasteiger partial charge in [-0.3, -0.25) is 0 Å². The quantitative estimate of drug-likeness (QED) is 0.184. The van der Waals surface area contributed by atoms with E-state index in [0.29, 0.717) is 0 Å². The smallest absolute Gasteiger partial charge is 0.156 e. The first-order chi connectivity index (χ1) is 24.0. The van der Waals surface area contributed by atoms with Gasteiger partial charge in [-0.1, -0.05) is 117 Å². The Balaban J connectivity index is 1.36. The summed E-state index contributed by atoms with van der Waals surface area (Å²) in [4.78, 5) is 10.6. The zero-order chi connectivity index (χ0) is 36.0. The Morgan fingerprint density at radius 2 is 1.29 bits per heavy atom. The average Bonchev–Trinajstić information content (AvgIpc) is 3.37. The first-order valence-corrected chi connectivity index (χ1v) is 18.8. The molecule has 0 fully saturated rings. The van der Waals surface area contributed by atoms with Crippen LogP contribution in [0.1, 0.15) is 84.6 Å². The molecule has 0 saturated carbocycles. The van der Waals surface area contributed by atoms with Gasteiger partial charge in [-0.05, 0) is 99.7 Å². The van der Waals surface area contributed by atoms with Gasteiger partial charge in [0.1, 0.15) is 32.3 Å². The maximum atomic E-state index is 6.93. The highest BCUT2D eigenvalue weighted by Gasteiger charge is 2.24. The molecule has 4 nitrogen and oxygen atoms in total. The number of nitrogens with zero attached hydrogens (tertiary/aromatic N) is 2. The highest BCUT2D eigenvalue weighted by Crippen LogP contribution is 2.44. The molecule has 4 heterocycles. The maximum absolute atomic E-state index is 6.93. The summed E-state index contributed by atoms with van der Waals surface area (Å²) in [6.07, 6.45) is 0.909. The molecule has 0 aliphatic rings. The minimum absolute atomic E-state index is 0.0448. The van der Waals surface area contributed by atoms with Crippen molar-refractivity contribution in [2.45, 2.75) is 96.5 Å². The molecular weight excluding hydrogens is 645 g/mol. The molecule has 0 unspecified atom stereocenters. The molecule has 5 heteroatoms. The number of fused-ring (bicyclic) bond motifs is 4. The lowest BCUT2D eigenvalue weighted by atomic mass is 9.84. The van der Waals surface area contributed by atoms with E-state index in [-0.39, 0.29) is 16.2 Å². The Kier molecular flexibility index (Phi) is 7.70. The predicted octanol–water partition coefficient (Wildman–Crippen LogP) is 13.7. The number of hydrogen-bond donors (Lipinski definition) is 0. The summed E-state index contributed by atoms with van der Waals surface area (Å²) in [6.45, 7) is 22.5. The molecule has 51 heavy (non-hydrogen) atoms. The summed E-state index contributed by atoms with van der Waals surface area (Å²) in [7, 11) is 0. The molecule has 0 atom stereocenters. The van der Waals surface area contributed by atoms with Gasteiger partial charge in [-0.2, -0.15) is 0 Å². The predicted molar refractivity (Wildman–Crippen MR) is 215 cm³/mol. The number of aromatic nitrogens is 2. The lowest BCUT2D eigenvalue weighted by Gasteiger charge is -2.22. The molecule has 0 amide bonds. The van der Waals surface area contributed by atoms with Crippen molar-refractivity contribution in [1.29, 1.82) is 0 Å². The molecule has 258 valence electrons. The number of aryl methyl sites for hydroxylation is 1. The molecular formula is C46H46N2O2S. The lowest BCUT2D eigenvalue weighted by Crippen LogP contribution is -2.12. The maximum Gasteiger partial charge on any atom is 0.156 e. The molecule has 0 radical (unpaired) electrons. The van der Waals surface area contributed by atoms with E-state index in [1.54, 1.807) is 11.8 Å². The van der Waals surface area contributed by atoms with Crippen molar-refractivity contribution in [3.63, 3.8) is 0 Å². The van der Waals surface area contributed by atoms with E-state index in [1.807, 2.05) is 0 Å². The second kappa shape index (κ2) is 11.7. The van der Waals surface area contributed by atoms with E-state index in [1.165, 1.54) is 16.7 Å². The Bertz CT molecular complexity index is 2660. The van der Waals surface area contributed by atoms with Crippen LogP contribution in [-0.4, -0.2) is 9.97 Å². The third-order valence-corrected chi connectivity index (χ3v) is 10.7. The molecule has 0 saturated heterocycles. The SMILES string of the molecule is Cc1cc(Sc2cc(C(C)(C)C)cc(-c3cccc(C(C)(C)C)c3)n2)nc2c1oc1cc(CC(C)(C)C)cc3oc4c5ccccc5cc2c4c13. The standard InChI is InChI=1S/C46H46N2O2S/c1-26-18-37(51-38-24-31(46(8,9)10)23-34(47-38)29-15-13-16-30(21-29)45(5,6)7)48-41-33-22-28-14-11-12-17-32(28)43-39(33)40-35(49-42(26)41)19-27(20-36(40)50-43)25-44(2,3)4/h11-24H,25H2,1-10H3. The molecule has 8 aromatic rings. The normalized spacial score (nSPS) is 13.1. The zero-order valence-electron chi connectivity index (χ0n) is 31.4. The van der Waals surface area contributed by atoms with Gasteiger partial charge in [0.25, 0.3) is 0 Å². The van der Waals surface area contributed by atoms with Crippen LogP contribution in [-0.2, 0) is 17.3 Å². The van der Waals surface area contributed by atoms with E-state index in [0.717, 1.165) is 88.1 Å².